The highest BCUT2D eigenvalue weighted by Crippen LogP contribution is 2.20. The van der Waals surface area contributed by atoms with Gasteiger partial charge in [0.2, 0.25) is 5.95 Å². The van der Waals surface area contributed by atoms with Gasteiger partial charge in [0.1, 0.15) is 11.4 Å². The fourth-order valence-electron chi connectivity index (χ4n) is 2.52. The lowest BCUT2D eigenvalue weighted by atomic mass is 10.3. The average molecular weight is 323 g/mol. The van der Waals surface area contributed by atoms with E-state index in [1.54, 1.807) is 11.8 Å². The zero-order chi connectivity index (χ0) is 16.8. The number of aromatic nitrogens is 2. The number of hydrogen-bond acceptors (Lipinski definition) is 8. The van der Waals surface area contributed by atoms with E-state index in [1.165, 1.54) is 6.20 Å². The number of hydrogen-bond donors (Lipinski definition) is 1. The van der Waals surface area contributed by atoms with Gasteiger partial charge in [-0.3, -0.25) is 4.90 Å². The minimum atomic E-state index is -0.407. The maximum atomic E-state index is 12.0. The van der Waals surface area contributed by atoms with Crippen LogP contribution in [0.3, 0.4) is 0 Å². The van der Waals surface area contributed by atoms with Gasteiger partial charge < -0.3 is 19.6 Å². The summed E-state index contributed by atoms with van der Waals surface area (Å²) in [6.45, 7) is 6.28. The van der Waals surface area contributed by atoms with E-state index >= 15 is 0 Å². The van der Waals surface area contributed by atoms with Crippen molar-refractivity contribution in [1.29, 1.82) is 0 Å². The van der Waals surface area contributed by atoms with Crippen LogP contribution in [0.15, 0.2) is 6.20 Å². The van der Waals surface area contributed by atoms with E-state index in [0.717, 1.165) is 26.2 Å². The number of β-amino-alcohol motifs (C(OH)–C–C–N with tert-alkyl or cyclic N) is 1. The van der Waals surface area contributed by atoms with Gasteiger partial charge in [-0.1, -0.05) is 0 Å². The molecule has 1 aromatic rings. The van der Waals surface area contributed by atoms with Gasteiger partial charge in [-0.05, 0) is 6.92 Å². The Hall–Kier alpha value is -1.93. The number of nitrogens with zero attached hydrogens (tertiary/aromatic N) is 5. The molecule has 23 heavy (non-hydrogen) atoms. The minimum absolute atomic E-state index is 0.176. The molecular formula is C15H25N5O3. The Bertz CT molecular complexity index is 530. The quantitative estimate of drug-likeness (QED) is 0.723. The van der Waals surface area contributed by atoms with Crippen LogP contribution in [0.1, 0.15) is 17.3 Å². The lowest BCUT2D eigenvalue weighted by Gasteiger charge is -2.34. The molecule has 8 heteroatoms. The molecule has 1 aliphatic heterocycles. The van der Waals surface area contributed by atoms with Crippen molar-refractivity contribution in [2.45, 2.75) is 6.92 Å². The van der Waals surface area contributed by atoms with Crippen molar-refractivity contribution in [2.24, 2.45) is 0 Å². The van der Waals surface area contributed by atoms with Gasteiger partial charge in [0.15, 0.2) is 0 Å². The van der Waals surface area contributed by atoms with Crippen LogP contribution in [0.5, 0.6) is 0 Å². The number of piperazine rings is 1. The van der Waals surface area contributed by atoms with Gasteiger partial charge in [0.25, 0.3) is 0 Å². The smallest absolute Gasteiger partial charge is 0.343 e. The van der Waals surface area contributed by atoms with Gasteiger partial charge in [0.05, 0.1) is 13.2 Å². The van der Waals surface area contributed by atoms with E-state index in [4.69, 9.17) is 9.84 Å². The van der Waals surface area contributed by atoms with Crippen molar-refractivity contribution in [1.82, 2.24) is 14.9 Å². The van der Waals surface area contributed by atoms with Crippen LogP contribution < -0.4 is 9.80 Å². The Morgan fingerprint density at radius 3 is 2.61 bits per heavy atom. The Morgan fingerprint density at radius 1 is 1.35 bits per heavy atom. The molecule has 0 radical (unpaired) electrons. The molecule has 1 fully saturated rings. The summed E-state index contributed by atoms with van der Waals surface area (Å²) < 4.78 is 5.06. The van der Waals surface area contributed by atoms with Gasteiger partial charge in [0, 0.05) is 53.0 Å². The first-order valence-corrected chi connectivity index (χ1v) is 7.86. The van der Waals surface area contributed by atoms with Crippen LogP contribution in [0, 0.1) is 0 Å². The largest absolute Gasteiger partial charge is 0.462 e. The number of carbonyl (C=O) groups excluding carboxylic acids is 1. The molecule has 0 saturated carbocycles. The zero-order valence-electron chi connectivity index (χ0n) is 14.0. The third kappa shape index (κ3) is 4.29. The maximum absolute atomic E-state index is 12.0. The molecule has 1 aliphatic rings. The van der Waals surface area contributed by atoms with Gasteiger partial charge in [-0.25, -0.2) is 9.78 Å². The first-order valence-electron chi connectivity index (χ1n) is 7.86. The molecule has 1 saturated heterocycles. The monoisotopic (exact) mass is 323 g/mol. The molecule has 128 valence electrons. The summed E-state index contributed by atoms with van der Waals surface area (Å²) in [7, 11) is 3.68. The van der Waals surface area contributed by atoms with Crippen LogP contribution in [0.4, 0.5) is 11.8 Å². The number of rotatable bonds is 6. The van der Waals surface area contributed by atoms with Crippen molar-refractivity contribution in [2.75, 3.05) is 69.8 Å². The molecule has 0 aliphatic carbocycles. The summed E-state index contributed by atoms with van der Waals surface area (Å²) in [5.41, 5.74) is 0.375. The van der Waals surface area contributed by atoms with Crippen molar-refractivity contribution >= 4 is 17.7 Å². The Kier molecular flexibility index (Phi) is 6.12. The van der Waals surface area contributed by atoms with E-state index < -0.39 is 5.97 Å². The topological polar surface area (TPSA) is 82.0 Å². The molecule has 8 nitrogen and oxygen atoms in total. The SMILES string of the molecule is CCOC(=O)c1cnc(N2CCN(CCO)CC2)nc1N(C)C. The summed E-state index contributed by atoms with van der Waals surface area (Å²) in [6.07, 6.45) is 1.54. The molecule has 0 aromatic carbocycles. The number of esters is 1. The molecule has 2 heterocycles. The van der Waals surface area contributed by atoms with Gasteiger partial charge in [-0.15, -0.1) is 0 Å². The molecule has 1 N–H and O–H groups in total. The second-order valence-electron chi connectivity index (χ2n) is 5.57. The Balaban J connectivity index is 2.15. The number of aliphatic hydroxyl groups is 1. The molecule has 2 rings (SSSR count). The lowest BCUT2D eigenvalue weighted by molar-refractivity contribution is 0.0526. The number of anilines is 2. The van der Waals surface area contributed by atoms with E-state index in [1.807, 2.05) is 14.1 Å². The van der Waals surface area contributed by atoms with Crippen LogP contribution in [0.25, 0.3) is 0 Å². The predicted molar refractivity (Wildman–Crippen MR) is 88.1 cm³/mol. The maximum Gasteiger partial charge on any atom is 0.343 e. The van der Waals surface area contributed by atoms with Crippen molar-refractivity contribution < 1.29 is 14.6 Å². The van der Waals surface area contributed by atoms with E-state index in [2.05, 4.69) is 19.8 Å². The summed E-state index contributed by atoms with van der Waals surface area (Å²) in [6, 6.07) is 0. The second kappa shape index (κ2) is 8.07. The van der Waals surface area contributed by atoms with Crippen molar-refractivity contribution in [3.8, 4) is 0 Å². The number of aliphatic hydroxyl groups excluding tert-OH is 1. The van der Waals surface area contributed by atoms with E-state index in [-0.39, 0.29) is 6.61 Å². The number of carbonyl (C=O) groups is 1. The lowest BCUT2D eigenvalue weighted by Crippen LogP contribution is -2.47. The van der Waals surface area contributed by atoms with Crippen molar-refractivity contribution in [3.05, 3.63) is 11.8 Å². The van der Waals surface area contributed by atoms with Crippen molar-refractivity contribution in [3.63, 3.8) is 0 Å². The fraction of sp³-hybridized carbons (Fsp3) is 0.667. The van der Waals surface area contributed by atoms with Crippen LogP contribution in [-0.4, -0.2) is 86.0 Å². The summed E-state index contributed by atoms with van der Waals surface area (Å²) in [4.78, 5) is 27.0. The highest BCUT2D eigenvalue weighted by molar-refractivity contribution is 5.94. The predicted octanol–water partition coefficient (Wildman–Crippen LogP) is -0.166. The fourth-order valence-corrected chi connectivity index (χ4v) is 2.52. The molecule has 1 aromatic heterocycles. The number of ether oxygens (including phenoxy) is 1. The van der Waals surface area contributed by atoms with E-state index in [9.17, 15) is 4.79 Å². The van der Waals surface area contributed by atoms with Crippen LogP contribution in [-0.2, 0) is 4.74 Å². The standard InChI is InChI=1S/C15H25N5O3/c1-4-23-14(22)12-11-16-15(17-13(12)18(2)3)20-7-5-19(6-8-20)9-10-21/h11,21H,4-10H2,1-3H3. The van der Waals surface area contributed by atoms with Crippen LogP contribution >= 0.6 is 0 Å². The molecular weight excluding hydrogens is 298 g/mol. The summed E-state index contributed by atoms with van der Waals surface area (Å²) in [5, 5.41) is 9.00. The normalized spacial score (nSPS) is 15.6. The molecule has 0 amide bonds. The molecule has 0 spiro atoms. The highest BCUT2D eigenvalue weighted by Gasteiger charge is 2.22. The summed E-state index contributed by atoms with van der Waals surface area (Å²) in [5.74, 6) is 0.771. The van der Waals surface area contributed by atoms with Gasteiger partial charge in [-0.2, -0.15) is 4.98 Å². The second-order valence-corrected chi connectivity index (χ2v) is 5.57. The Labute approximate surface area is 136 Å². The first kappa shape index (κ1) is 17.4. The molecule has 0 atom stereocenters. The third-order valence-corrected chi connectivity index (χ3v) is 3.75. The summed E-state index contributed by atoms with van der Waals surface area (Å²) >= 11 is 0. The average Bonchev–Trinajstić information content (AvgIpc) is 2.55. The first-order chi connectivity index (χ1) is 11.1. The van der Waals surface area contributed by atoms with Crippen LogP contribution in [0.2, 0.25) is 0 Å². The third-order valence-electron chi connectivity index (χ3n) is 3.75. The molecule has 0 bridgehead atoms. The highest BCUT2D eigenvalue weighted by atomic mass is 16.5. The van der Waals surface area contributed by atoms with Gasteiger partial charge >= 0.3 is 5.97 Å². The van der Waals surface area contributed by atoms with E-state index in [0.29, 0.717) is 30.5 Å². The molecule has 0 unspecified atom stereocenters. The Morgan fingerprint density at radius 2 is 2.04 bits per heavy atom. The zero-order valence-corrected chi connectivity index (χ0v) is 14.0. The minimum Gasteiger partial charge on any atom is -0.462 e.